The van der Waals surface area contributed by atoms with Crippen molar-refractivity contribution in [1.82, 2.24) is 15.0 Å². The zero-order chi connectivity index (χ0) is 14.0. The summed E-state index contributed by atoms with van der Waals surface area (Å²) in [6.07, 6.45) is 4.37. The van der Waals surface area contributed by atoms with Crippen LogP contribution in [0.2, 0.25) is 5.28 Å². The summed E-state index contributed by atoms with van der Waals surface area (Å²) in [5.74, 6) is 0.144. The van der Waals surface area contributed by atoms with Crippen LogP contribution in [-0.2, 0) is 0 Å². The molecule has 2 atom stereocenters. The fraction of sp³-hybridized carbons (Fsp3) is 0.636. The number of anilines is 1. The van der Waals surface area contributed by atoms with E-state index in [9.17, 15) is 10.1 Å². The van der Waals surface area contributed by atoms with Crippen molar-refractivity contribution in [3.8, 4) is 0 Å². The summed E-state index contributed by atoms with van der Waals surface area (Å²) in [6.45, 7) is 4.16. The van der Waals surface area contributed by atoms with Crippen molar-refractivity contribution < 1.29 is 4.92 Å². The molecular formula is C11H16ClN5O2. The number of halogens is 1. The van der Waals surface area contributed by atoms with E-state index in [0.29, 0.717) is 0 Å². The number of nitrogens with zero attached hydrogens (tertiary/aromatic N) is 4. The Labute approximate surface area is 116 Å². The van der Waals surface area contributed by atoms with Crippen LogP contribution in [-0.4, -0.2) is 32.0 Å². The van der Waals surface area contributed by atoms with Gasteiger partial charge in [-0.05, 0) is 38.3 Å². The van der Waals surface area contributed by atoms with Crippen molar-refractivity contribution in [2.45, 2.75) is 45.2 Å². The molecule has 1 fully saturated rings. The first-order chi connectivity index (χ1) is 8.99. The van der Waals surface area contributed by atoms with E-state index in [1.165, 1.54) is 0 Å². The Morgan fingerprint density at radius 2 is 2.11 bits per heavy atom. The predicted molar refractivity (Wildman–Crippen MR) is 71.9 cm³/mol. The van der Waals surface area contributed by atoms with Crippen molar-refractivity contribution in [1.29, 1.82) is 0 Å². The van der Waals surface area contributed by atoms with E-state index in [1.807, 2.05) is 5.01 Å². The molecule has 19 heavy (non-hydrogen) atoms. The Balaban J connectivity index is 2.26. The van der Waals surface area contributed by atoms with Gasteiger partial charge in [-0.15, -0.1) is 0 Å². The fourth-order valence-corrected chi connectivity index (χ4v) is 2.47. The lowest BCUT2D eigenvalue weighted by atomic mass is 10.00. The van der Waals surface area contributed by atoms with Crippen LogP contribution in [0.15, 0.2) is 6.20 Å². The van der Waals surface area contributed by atoms with Crippen LogP contribution in [0, 0.1) is 10.1 Å². The van der Waals surface area contributed by atoms with Crippen molar-refractivity contribution in [3.05, 3.63) is 21.6 Å². The van der Waals surface area contributed by atoms with Crippen molar-refractivity contribution in [2.24, 2.45) is 0 Å². The molecular weight excluding hydrogens is 270 g/mol. The average molecular weight is 286 g/mol. The average Bonchev–Trinajstić information content (AvgIpc) is 2.33. The second-order valence-electron chi connectivity index (χ2n) is 4.78. The van der Waals surface area contributed by atoms with Gasteiger partial charge in [-0.1, -0.05) is 6.42 Å². The number of nitro groups is 1. The minimum atomic E-state index is -0.516. The summed E-state index contributed by atoms with van der Waals surface area (Å²) >= 11 is 5.71. The van der Waals surface area contributed by atoms with Gasteiger partial charge in [-0.2, -0.15) is 4.98 Å². The van der Waals surface area contributed by atoms with Gasteiger partial charge in [-0.25, -0.2) is 9.99 Å². The Morgan fingerprint density at radius 3 is 2.68 bits per heavy atom. The standard InChI is InChI=1S/C11H16ClN5O2/c1-7-4-3-5-8(2)16(7)15-10-9(17(18)19)6-13-11(12)14-10/h6-8H,3-5H2,1-2H3,(H,13,14,15). The quantitative estimate of drug-likeness (QED) is 0.522. The molecule has 0 amide bonds. The molecule has 104 valence electrons. The Hall–Kier alpha value is -1.47. The molecule has 2 rings (SSSR count). The minimum absolute atomic E-state index is 0.00887. The molecule has 2 heterocycles. The Kier molecular flexibility index (Phi) is 4.16. The molecule has 8 heteroatoms. The smallest absolute Gasteiger partial charge is 0.297 e. The van der Waals surface area contributed by atoms with Crippen LogP contribution < -0.4 is 5.43 Å². The summed E-state index contributed by atoms with van der Waals surface area (Å²) in [6, 6.07) is 0.578. The number of aromatic nitrogens is 2. The lowest BCUT2D eigenvalue weighted by Crippen LogP contribution is -2.47. The summed E-state index contributed by atoms with van der Waals surface area (Å²) in [7, 11) is 0. The largest absolute Gasteiger partial charge is 0.330 e. The first-order valence-corrected chi connectivity index (χ1v) is 6.58. The normalized spacial score (nSPS) is 24.2. The van der Waals surface area contributed by atoms with Crippen LogP contribution in [0.4, 0.5) is 11.5 Å². The monoisotopic (exact) mass is 285 g/mol. The molecule has 0 spiro atoms. The van der Waals surface area contributed by atoms with E-state index in [1.54, 1.807) is 0 Å². The van der Waals surface area contributed by atoms with E-state index in [2.05, 4.69) is 29.2 Å². The second-order valence-corrected chi connectivity index (χ2v) is 5.12. The zero-order valence-electron chi connectivity index (χ0n) is 10.8. The van der Waals surface area contributed by atoms with Crippen LogP contribution in [0.3, 0.4) is 0 Å². The van der Waals surface area contributed by atoms with E-state index in [-0.39, 0.29) is 28.9 Å². The first-order valence-electron chi connectivity index (χ1n) is 6.21. The topological polar surface area (TPSA) is 84.2 Å². The third kappa shape index (κ3) is 3.10. The third-order valence-corrected chi connectivity index (χ3v) is 3.55. The molecule has 1 saturated heterocycles. The number of nitrogens with one attached hydrogen (secondary N) is 1. The van der Waals surface area contributed by atoms with E-state index >= 15 is 0 Å². The van der Waals surface area contributed by atoms with Gasteiger partial charge in [0.15, 0.2) is 0 Å². The number of hydrogen-bond acceptors (Lipinski definition) is 6. The molecule has 0 radical (unpaired) electrons. The van der Waals surface area contributed by atoms with Gasteiger partial charge in [0.05, 0.1) is 4.92 Å². The maximum absolute atomic E-state index is 11.0. The van der Waals surface area contributed by atoms with Crippen LogP contribution >= 0.6 is 11.6 Å². The summed E-state index contributed by atoms with van der Waals surface area (Å²) in [5.41, 5.74) is 2.86. The van der Waals surface area contributed by atoms with Crippen LogP contribution in [0.5, 0.6) is 0 Å². The molecule has 1 aromatic rings. The molecule has 0 aromatic carbocycles. The van der Waals surface area contributed by atoms with E-state index in [0.717, 1.165) is 25.5 Å². The van der Waals surface area contributed by atoms with Gasteiger partial charge < -0.3 is 0 Å². The SMILES string of the molecule is CC1CCCC(C)N1Nc1nc(Cl)ncc1[N+](=O)[O-]. The molecule has 1 aliphatic heterocycles. The molecule has 0 saturated carbocycles. The minimum Gasteiger partial charge on any atom is -0.297 e. The van der Waals surface area contributed by atoms with Gasteiger partial charge in [0, 0.05) is 12.1 Å². The molecule has 1 aromatic heterocycles. The molecule has 7 nitrogen and oxygen atoms in total. The summed E-state index contributed by atoms with van der Waals surface area (Å²) < 4.78 is 0. The number of hydrazine groups is 1. The van der Waals surface area contributed by atoms with Crippen LogP contribution in [0.25, 0.3) is 0 Å². The zero-order valence-corrected chi connectivity index (χ0v) is 11.6. The second kappa shape index (κ2) is 5.66. The lowest BCUT2D eigenvalue weighted by molar-refractivity contribution is -0.384. The summed E-state index contributed by atoms with van der Waals surface area (Å²) in [4.78, 5) is 18.0. The number of rotatable bonds is 3. The maximum atomic E-state index is 11.0. The van der Waals surface area contributed by atoms with Crippen LogP contribution in [0.1, 0.15) is 33.1 Å². The van der Waals surface area contributed by atoms with Crippen molar-refractivity contribution in [2.75, 3.05) is 5.43 Å². The van der Waals surface area contributed by atoms with Crippen molar-refractivity contribution >= 4 is 23.1 Å². The highest BCUT2D eigenvalue weighted by Gasteiger charge is 2.27. The number of piperidine rings is 1. The van der Waals surface area contributed by atoms with E-state index < -0.39 is 4.92 Å². The third-order valence-electron chi connectivity index (χ3n) is 3.37. The van der Waals surface area contributed by atoms with Gasteiger partial charge in [0.1, 0.15) is 6.20 Å². The molecule has 2 unspecified atom stereocenters. The number of hydrogen-bond donors (Lipinski definition) is 1. The van der Waals surface area contributed by atoms with Gasteiger partial charge in [0.25, 0.3) is 0 Å². The molecule has 1 N–H and O–H groups in total. The fourth-order valence-electron chi connectivity index (χ4n) is 2.33. The molecule has 0 bridgehead atoms. The predicted octanol–water partition coefficient (Wildman–Crippen LogP) is 2.63. The van der Waals surface area contributed by atoms with E-state index in [4.69, 9.17) is 11.6 Å². The first kappa shape index (κ1) is 14.0. The van der Waals surface area contributed by atoms with Gasteiger partial charge in [0.2, 0.25) is 11.1 Å². The Morgan fingerprint density at radius 1 is 1.47 bits per heavy atom. The molecule has 0 aliphatic carbocycles. The Bertz CT molecular complexity index is 474. The molecule has 1 aliphatic rings. The lowest BCUT2D eigenvalue weighted by Gasteiger charge is -2.38. The highest BCUT2D eigenvalue weighted by molar-refractivity contribution is 6.28. The highest BCUT2D eigenvalue weighted by atomic mass is 35.5. The van der Waals surface area contributed by atoms with Gasteiger partial charge in [-0.3, -0.25) is 15.5 Å². The highest BCUT2D eigenvalue weighted by Crippen LogP contribution is 2.27. The maximum Gasteiger partial charge on any atom is 0.330 e. The summed E-state index contributed by atoms with van der Waals surface area (Å²) in [5, 5.41) is 12.9. The van der Waals surface area contributed by atoms with Gasteiger partial charge >= 0.3 is 5.69 Å². The van der Waals surface area contributed by atoms with Crippen molar-refractivity contribution in [3.63, 3.8) is 0 Å².